The maximum absolute atomic E-state index is 13.0. The Labute approximate surface area is 227 Å². The zero-order valence-electron chi connectivity index (χ0n) is 24.6. The quantitative estimate of drug-likeness (QED) is 0.343. The van der Waals surface area contributed by atoms with Crippen LogP contribution in [0.5, 0.6) is 0 Å². The van der Waals surface area contributed by atoms with Crippen LogP contribution < -0.4 is 10.8 Å². The van der Waals surface area contributed by atoms with Crippen molar-refractivity contribution in [3.63, 3.8) is 0 Å². The number of nitrogens with one attached hydrogen (secondary N) is 2. The molecule has 2 heterocycles. The van der Waals surface area contributed by atoms with Crippen molar-refractivity contribution in [3.05, 3.63) is 29.3 Å². The molecule has 2 amide bonds. The van der Waals surface area contributed by atoms with Crippen LogP contribution in [0, 0.1) is 10.8 Å². The Morgan fingerprint density at radius 1 is 1.11 bits per heavy atom. The van der Waals surface area contributed by atoms with Crippen LogP contribution in [0.1, 0.15) is 92.8 Å². The molecule has 0 aromatic heterocycles. The second kappa shape index (κ2) is 10.5. The Kier molecular flexibility index (Phi) is 8.30. The van der Waals surface area contributed by atoms with Gasteiger partial charge in [0.1, 0.15) is 5.60 Å². The van der Waals surface area contributed by atoms with Crippen LogP contribution in [-0.4, -0.2) is 59.9 Å². The lowest BCUT2D eigenvalue weighted by Gasteiger charge is -2.32. The third-order valence-corrected chi connectivity index (χ3v) is 6.93. The predicted molar refractivity (Wildman–Crippen MR) is 147 cm³/mol. The fourth-order valence-corrected chi connectivity index (χ4v) is 4.16. The van der Waals surface area contributed by atoms with Crippen LogP contribution in [0.2, 0.25) is 0 Å². The SMILES string of the molecule is CC(C)(C)COC(=N)C(=O)NC1CCN(C(=O)OC(C)(C)C)Cc2cc(B3OC(C)(C)C(C)(C)O3)ccc21. The van der Waals surface area contributed by atoms with Gasteiger partial charge < -0.3 is 29.0 Å². The van der Waals surface area contributed by atoms with Crippen LogP contribution >= 0.6 is 0 Å². The van der Waals surface area contributed by atoms with Gasteiger partial charge in [-0.15, -0.1) is 0 Å². The highest BCUT2D eigenvalue weighted by Crippen LogP contribution is 2.37. The van der Waals surface area contributed by atoms with Crippen molar-refractivity contribution in [3.8, 4) is 0 Å². The average molecular weight is 529 g/mol. The molecule has 1 aromatic rings. The van der Waals surface area contributed by atoms with Crippen molar-refractivity contribution in [1.82, 2.24) is 10.2 Å². The number of rotatable bonds is 3. The first-order valence-electron chi connectivity index (χ1n) is 13.3. The molecule has 0 spiro atoms. The molecular formula is C28H44BN3O6. The molecule has 0 bridgehead atoms. The molecule has 0 saturated carbocycles. The lowest BCUT2D eigenvalue weighted by atomic mass is 9.77. The number of benzene rings is 1. The molecule has 210 valence electrons. The first-order valence-corrected chi connectivity index (χ1v) is 13.3. The number of hydrogen-bond acceptors (Lipinski definition) is 7. The van der Waals surface area contributed by atoms with Gasteiger partial charge in [-0.05, 0) is 76.9 Å². The van der Waals surface area contributed by atoms with Crippen LogP contribution in [-0.2, 0) is 30.1 Å². The number of fused-ring (bicyclic) bond motifs is 1. The van der Waals surface area contributed by atoms with E-state index in [-0.39, 0.29) is 12.0 Å². The molecule has 2 N–H and O–H groups in total. The summed E-state index contributed by atoms with van der Waals surface area (Å²) in [5.74, 6) is -1.02. The van der Waals surface area contributed by atoms with E-state index in [1.807, 2.05) is 87.4 Å². The molecular weight excluding hydrogens is 485 g/mol. The summed E-state index contributed by atoms with van der Waals surface area (Å²) in [5, 5.41) is 11.1. The second-order valence-corrected chi connectivity index (χ2v) is 13.4. The zero-order valence-corrected chi connectivity index (χ0v) is 24.6. The van der Waals surface area contributed by atoms with Crippen molar-refractivity contribution in [2.24, 2.45) is 5.41 Å². The number of nitrogens with zero attached hydrogens (tertiary/aromatic N) is 1. The van der Waals surface area contributed by atoms with Gasteiger partial charge in [0.25, 0.3) is 5.90 Å². The minimum Gasteiger partial charge on any atom is -0.474 e. The van der Waals surface area contributed by atoms with Gasteiger partial charge in [0.05, 0.1) is 23.9 Å². The maximum atomic E-state index is 13.0. The summed E-state index contributed by atoms with van der Waals surface area (Å²) in [6.45, 7) is 20.4. The van der Waals surface area contributed by atoms with E-state index in [1.54, 1.807) is 4.90 Å². The van der Waals surface area contributed by atoms with E-state index in [1.165, 1.54) is 0 Å². The first-order chi connectivity index (χ1) is 17.3. The Morgan fingerprint density at radius 2 is 1.71 bits per heavy atom. The van der Waals surface area contributed by atoms with Crippen LogP contribution in [0.15, 0.2) is 18.2 Å². The highest BCUT2D eigenvalue weighted by Gasteiger charge is 2.51. The van der Waals surface area contributed by atoms with Gasteiger partial charge in [0.2, 0.25) is 0 Å². The van der Waals surface area contributed by atoms with E-state index < -0.39 is 47.9 Å². The van der Waals surface area contributed by atoms with Crippen molar-refractivity contribution in [1.29, 1.82) is 5.41 Å². The third kappa shape index (κ3) is 7.29. The Morgan fingerprint density at radius 3 is 2.26 bits per heavy atom. The normalized spacial score (nSPS) is 20.8. The fraction of sp³-hybridized carbons (Fsp3) is 0.679. The molecule has 10 heteroatoms. The van der Waals surface area contributed by atoms with Gasteiger partial charge in [0, 0.05) is 13.1 Å². The molecule has 1 atom stereocenters. The molecule has 1 aromatic carbocycles. The number of ether oxygens (including phenoxy) is 2. The highest BCUT2D eigenvalue weighted by atomic mass is 16.7. The summed E-state index contributed by atoms with van der Waals surface area (Å²) < 4.78 is 23.6. The first kappa shape index (κ1) is 30.0. The number of carbonyl (C=O) groups is 2. The van der Waals surface area contributed by atoms with Gasteiger partial charge >= 0.3 is 19.1 Å². The lowest BCUT2D eigenvalue weighted by Crippen LogP contribution is -2.41. The molecule has 0 radical (unpaired) electrons. The number of amides is 2. The topological polar surface area (TPSA) is 110 Å². The van der Waals surface area contributed by atoms with Crippen molar-refractivity contribution in [2.75, 3.05) is 13.2 Å². The summed E-state index contributed by atoms with van der Waals surface area (Å²) in [6, 6.07) is 5.43. The van der Waals surface area contributed by atoms with Crippen LogP contribution in [0.25, 0.3) is 0 Å². The smallest absolute Gasteiger partial charge is 0.474 e. The van der Waals surface area contributed by atoms with E-state index in [2.05, 4.69) is 5.32 Å². The second-order valence-electron chi connectivity index (χ2n) is 13.4. The van der Waals surface area contributed by atoms with E-state index in [0.29, 0.717) is 19.5 Å². The van der Waals surface area contributed by atoms with E-state index in [4.69, 9.17) is 24.2 Å². The van der Waals surface area contributed by atoms with E-state index >= 15 is 0 Å². The fourth-order valence-electron chi connectivity index (χ4n) is 4.16. The standard InChI is InChI=1S/C28H44BN3O6/c1-25(2,3)17-35-22(30)23(33)31-21-13-14-32(24(34)36-26(4,5)6)16-18-15-19(11-12-20(18)21)29-37-27(7,8)28(9,10)38-29/h11-12,15,21,30H,13-14,16-17H2,1-10H3,(H,31,33). The largest absolute Gasteiger partial charge is 0.494 e. The van der Waals surface area contributed by atoms with Gasteiger partial charge in [-0.3, -0.25) is 10.2 Å². The van der Waals surface area contributed by atoms with Crippen molar-refractivity contribution in [2.45, 2.75) is 105 Å². The third-order valence-electron chi connectivity index (χ3n) is 6.93. The molecule has 0 aliphatic carbocycles. The van der Waals surface area contributed by atoms with Crippen LogP contribution in [0.4, 0.5) is 4.79 Å². The molecule has 2 aliphatic rings. The maximum Gasteiger partial charge on any atom is 0.494 e. The minimum atomic E-state index is -0.635. The van der Waals surface area contributed by atoms with Gasteiger partial charge in [-0.1, -0.05) is 39.0 Å². The van der Waals surface area contributed by atoms with Gasteiger partial charge in [-0.2, -0.15) is 0 Å². The summed E-state index contributed by atoms with van der Waals surface area (Å²) in [6.07, 6.45) is 0.0399. The van der Waals surface area contributed by atoms with Crippen molar-refractivity contribution >= 4 is 30.5 Å². The molecule has 1 unspecified atom stereocenters. The average Bonchev–Trinajstić information content (AvgIpc) is 2.89. The summed E-state index contributed by atoms with van der Waals surface area (Å²) in [7, 11) is -0.560. The molecule has 9 nitrogen and oxygen atoms in total. The van der Waals surface area contributed by atoms with Crippen LogP contribution in [0.3, 0.4) is 0 Å². The summed E-state index contributed by atoms with van der Waals surface area (Å²) >= 11 is 0. The number of carbonyl (C=O) groups excluding carboxylic acids is 2. The monoisotopic (exact) mass is 529 g/mol. The Bertz CT molecular complexity index is 1060. The Balaban J connectivity index is 1.89. The van der Waals surface area contributed by atoms with Gasteiger partial charge in [0.15, 0.2) is 0 Å². The summed E-state index contributed by atoms with van der Waals surface area (Å²) in [4.78, 5) is 27.5. The lowest BCUT2D eigenvalue weighted by molar-refractivity contribution is -0.117. The number of hydrogen-bond donors (Lipinski definition) is 2. The molecule has 3 rings (SSSR count). The minimum absolute atomic E-state index is 0.181. The Hall–Kier alpha value is -2.59. The molecule has 1 fully saturated rings. The molecule has 1 saturated heterocycles. The molecule has 2 aliphatic heterocycles. The van der Waals surface area contributed by atoms with E-state index in [0.717, 1.165) is 16.6 Å². The van der Waals surface area contributed by atoms with Gasteiger partial charge in [-0.25, -0.2) is 4.79 Å². The molecule has 38 heavy (non-hydrogen) atoms. The highest BCUT2D eigenvalue weighted by molar-refractivity contribution is 6.62. The van der Waals surface area contributed by atoms with Crippen molar-refractivity contribution < 1.29 is 28.4 Å². The predicted octanol–water partition coefficient (Wildman–Crippen LogP) is 4.32. The van der Waals surface area contributed by atoms with E-state index in [9.17, 15) is 9.59 Å². The zero-order chi connectivity index (χ0) is 28.7. The summed E-state index contributed by atoms with van der Waals surface area (Å²) in [5.41, 5.74) is 0.762.